The molecule has 1 heterocycles. The molecule has 172 valence electrons. The van der Waals surface area contributed by atoms with E-state index in [4.69, 9.17) is 4.74 Å². The molecule has 0 saturated carbocycles. The minimum absolute atomic E-state index is 0.0288. The van der Waals surface area contributed by atoms with Crippen molar-refractivity contribution in [1.29, 1.82) is 0 Å². The van der Waals surface area contributed by atoms with Crippen LogP contribution in [0.15, 0.2) is 97.1 Å². The van der Waals surface area contributed by atoms with Gasteiger partial charge in [-0.05, 0) is 65.5 Å². The molecule has 0 bridgehead atoms. The van der Waals surface area contributed by atoms with Gasteiger partial charge in [-0.2, -0.15) is 0 Å². The fraction of sp³-hybridized carbons (Fsp3) is 0.233. The Labute approximate surface area is 200 Å². The van der Waals surface area contributed by atoms with Crippen LogP contribution in [0.4, 0.5) is 0 Å². The van der Waals surface area contributed by atoms with Crippen molar-refractivity contribution in [2.45, 2.75) is 25.5 Å². The van der Waals surface area contributed by atoms with Crippen molar-refractivity contribution in [2.24, 2.45) is 5.92 Å². The van der Waals surface area contributed by atoms with Crippen molar-refractivity contribution < 1.29 is 14.6 Å². The highest BCUT2D eigenvalue weighted by atomic mass is 16.5. The third kappa shape index (κ3) is 4.82. The van der Waals surface area contributed by atoms with Crippen LogP contribution in [0.3, 0.4) is 0 Å². The van der Waals surface area contributed by atoms with Crippen molar-refractivity contribution in [3.63, 3.8) is 0 Å². The van der Waals surface area contributed by atoms with Crippen molar-refractivity contribution in [1.82, 2.24) is 4.90 Å². The van der Waals surface area contributed by atoms with Crippen LogP contribution in [0.1, 0.15) is 35.6 Å². The highest BCUT2D eigenvalue weighted by Crippen LogP contribution is 2.37. The van der Waals surface area contributed by atoms with Gasteiger partial charge in [0.15, 0.2) is 0 Å². The lowest BCUT2D eigenvalue weighted by atomic mass is 9.89. The van der Waals surface area contributed by atoms with Gasteiger partial charge in [0.05, 0.1) is 12.0 Å². The molecule has 0 radical (unpaired) electrons. The maximum atomic E-state index is 11.5. The maximum absolute atomic E-state index is 11.5. The molecule has 4 nitrogen and oxygen atoms in total. The van der Waals surface area contributed by atoms with Crippen molar-refractivity contribution in [3.8, 4) is 5.75 Å². The van der Waals surface area contributed by atoms with Gasteiger partial charge in [-0.25, -0.2) is 0 Å². The zero-order valence-electron chi connectivity index (χ0n) is 19.1. The molecule has 1 aliphatic rings. The number of carbonyl (C=O) groups is 1. The molecule has 34 heavy (non-hydrogen) atoms. The van der Waals surface area contributed by atoms with E-state index in [-0.39, 0.29) is 12.0 Å². The van der Waals surface area contributed by atoms with E-state index in [2.05, 4.69) is 77.7 Å². The molecule has 1 atom stereocenters. The Balaban J connectivity index is 1.49. The van der Waals surface area contributed by atoms with Crippen LogP contribution in [0.2, 0.25) is 0 Å². The van der Waals surface area contributed by atoms with E-state index in [0.717, 1.165) is 30.0 Å². The summed E-state index contributed by atoms with van der Waals surface area (Å²) in [5.74, 6) is -0.102. The number of piperidine rings is 1. The first-order chi connectivity index (χ1) is 16.7. The standard InChI is InChI=1S/C30H29NO3/c32-30(33)24-16-18-31(19-17-24)29(28-15-7-11-23-10-4-5-14-27(23)28)25-12-6-13-26(20-25)34-21-22-8-2-1-3-9-22/h1-15,20,24,29H,16-19,21H2,(H,32,33). The second kappa shape index (κ2) is 10.1. The molecule has 1 saturated heterocycles. The molecule has 0 spiro atoms. The Morgan fingerprint density at radius 3 is 2.38 bits per heavy atom. The summed E-state index contributed by atoms with van der Waals surface area (Å²) in [5.41, 5.74) is 3.54. The van der Waals surface area contributed by atoms with Crippen molar-refractivity contribution >= 4 is 16.7 Å². The number of hydrogen-bond donors (Lipinski definition) is 1. The molecule has 0 aromatic heterocycles. The van der Waals surface area contributed by atoms with Gasteiger partial charge in [0.2, 0.25) is 0 Å². The van der Waals surface area contributed by atoms with E-state index >= 15 is 0 Å². The second-order valence-corrected chi connectivity index (χ2v) is 8.97. The molecular formula is C30H29NO3. The lowest BCUT2D eigenvalue weighted by molar-refractivity contribution is -0.143. The number of fused-ring (bicyclic) bond motifs is 1. The number of benzene rings is 4. The average Bonchev–Trinajstić information content (AvgIpc) is 2.89. The van der Waals surface area contributed by atoms with Crippen LogP contribution in [0, 0.1) is 5.92 Å². The molecule has 4 aromatic carbocycles. The summed E-state index contributed by atoms with van der Waals surface area (Å²) >= 11 is 0. The molecule has 1 aliphatic heterocycles. The summed E-state index contributed by atoms with van der Waals surface area (Å²) in [6.07, 6.45) is 1.33. The van der Waals surface area contributed by atoms with E-state index in [1.54, 1.807) is 0 Å². The maximum Gasteiger partial charge on any atom is 0.306 e. The van der Waals surface area contributed by atoms with E-state index < -0.39 is 5.97 Å². The summed E-state index contributed by atoms with van der Waals surface area (Å²) in [6, 6.07) is 33.5. The Morgan fingerprint density at radius 1 is 0.882 bits per heavy atom. The van der Waals surface area contributed by atoms with Crippen LogP contribution in [-0.4, -0.2) is 29.1 Å². The van der Waals surface area contributed by atoms with Crippen LogP contribution >= 0.6 is 0 Å². The summed E-state index contributed by atoms with van der Waals surface area (Å²) < 4.78 is 6.15. The van der Waals surface area contributed by atoms with Crippen molar-refractivity contribution in [3.05, 3.63) is 114 Å². The number of likely N-dealkylation sites (tertiary alicyclic amines) is 1. The molecular weight excluding hydrogens is 422 g/mol. The normalized spacial score (nSPS) is 15.8. The van der Waals surface area contributed by atoms with Gasteiger partial charge in [-0.15, -0.1) is 0 Å². The van der Waals surface area contributed by atoms with Crippen molar-refractivity contribution in [2.75, 3.05) is 13.1 Å². The first-order valence-electron chi connectivity index (χ1n) is 11.9. The van der Waals surface area contributed by atoms with Gasteiger partial charge >= 0.3 is 5.97 Å². The van der Waals surface area contributed by atoms with Gasteiger partial charge < -0.3 is 9.84 Å². The Bertz CT molecular complexity index is 1260. The summed E-state index contributed by atoms with van der Waals surface area (Å²) in [5, 5.41) is 11.9. The number of nitrogens with zero attached hydrogens (tertiary/aromatic N) is 1. The minimum Gasteiger partial charge on any atom is -0.489 e. The van der Waals surface area contributed by atoms with Gasteiger partial charge in [0, 0.05) is 0 Å². The summed E-state index contributed by atoms with van der Waals surface area (Å²) in [7, 11) is 0. The van der Waals surface area contributed by atoms with Gasteiger partial charge in [-0.1, -0.05) is 84.9 Å². The van der Waals surface area contributed by atoms with Crippen LogP contribution in [-0.2, 0) is 11.4 Å². The number of carboxylic acids is 1. The Kier molecular flexibility index (Phi) is 6.59. The average molecular weight is 452 g/mol. The number of rotatable bonds is 7. The molecule has 1 fully saturated rings. The van der Waals surface area contributed by atoms with Gasteiger partial charge in [-0.3, -0.25) is 9.69 Å². The molecule has 4 heteroatoms. The number of carboxylic acid groups (broad SMARTS) is 1. The smallest absolute Gasteiger partial charge is 0.306 e. The SMILES string of the molecule is O=C(O)C1CCN(C(c2cccc(OCc3ccccc3)c2)c2cccc3ccccc23)CC1. The fourth-order valence-electron chi connectivity index (χ4n) is 5.00. The van der Waals surface area contributed by atoms with Crippen LogP contribution in [0.5, 0.6) is 5.75 Å². The zero-order valence-corrected chi connectivity index (χ0v) is 19.1. The topological polar surface area (TPSA) is 49.8 Å². The fourth-order valence-corrected chi connectivity index (χ4v) is 5.00. The third-order valence-electron chi connectivity index (χ3n) is 6.78. The third-order valence-corrected chi connectivity index (χ3v) is 6.78. The molecule has 1 N–H and O–H groups in total. The molecule has 5 rings (SSSR count). The zero-order chi connectivity index (χ0) is 23.3. The quantitative estimate of drug-likeness (QED) is 0.358. The van der Waals surface area contributed by atoms with E-state index in [9.17, 15) is 9.90 Å². The highest BCUT2D eigenvalue weighted by molar-refractivity contribution is 5.86. The highest BCUT2D eigenvalue weighted by Gasteiger charge is 2.31. The summed E-state index contributed by atoms with van der Waals surface area (Å²) in [4.78, 5) is 14.0. The molecule has 0 amide bonds. The molecule has 1 unspecified atom stereocenters. The van der Waals surface area contributed by atoms with E-state index in [1.807, 2.05) is 24.3 Å². The van der Waals surface area contributed by atoms with Gasteiger partial charge in [0.25, 0.3) is 0 Å². The largest absolute Gasteiger partial charge is 0.489 e. The van der Waals surface area contributed by atoms with Gasteiger partial charge in [0.1, 0.15) is 12.4 Å². The number of hydrogen-bond acceptors (Lipinski definition) is 3. The van der Waals surface area contributed by atoms with Crippen LogP contribution in [0.25, 0.3) is 10.8 Å². The summed E-state index contributed by atoms with van der Waals surface area (Å²) in [6.45, 7) is 2.02. The Morgan fingerprint density at radius 2 is 1.59 bits per heavy atom. The monoisotopic (exact) mass is 451 g/mol. The predicted molar refractivity (Wildman–Crippen MR) is 135 cm³/mol. The first kappa shape index (κ1) is 22.2. The predicted octanol–water partition coefficient (Wildman–Crippen LogP) is 6.30. The van der Waals surface area contributed by atoms with E-state index in [1.165, 1.54) is 16.3 Å². The lowest BCUT2D eigenvalue weighted by Crippen LogP contribution is -2.39. The second-order valence-electron chi connectivity index (χ2n) is 8.97. The van der Waals surface area contributed by atoms with E-state index in [0.29, 0.717) is 19.4 Å². The number of ether oxygens (including phenoxy) is 1. The molecule has 0 aliphatic carbocycles. The minimum atomic E-state index is -0.683. The lowest BCUT2D eigenvalue weighted by Gasteiger charge is -2.37. The molecule has 4 aromatic rings. The first-order valence-corrected chi connectivity index (χ1v) is 11.9. The van der Waals surface area contributed by atoms with Crippen LogP contribution < -0.4 is 4.74 Å². The number of aliphatic carboxylic acids is 1. The Hall–Kier alpha value is -3.63.